The summed E-state index contributed by atoms with van der Waals surface area (Å²) in [7, 11) is 5.10. The van der Waals surface area contributed by atoms with Crippen molar-refractivity contribution in [1.82, 2.24) is 4.57 Å². The van der Waals surface area contributed by atoms with Crippen LogP contribution in [0.2, 0.25) is 0 Å². The van der Waals surface area contributed by atoms with Crippen LogP contribution < -0.4 is 19.9 Å². The molecule has 0 aliphatic carbocycles. The minimum atomic E-state index is -0.0206. The zero-order chi connectivity index (χ0) is 21.0. The van der Waals surface area contributed by atoms with Gasteiger partial charge in [-0.05, 0) is 64.3 Å². The second kappa shape index (κ2) is 9.18. The molecule has 3 aromatic rings. The lowest BCUT2D eigenvalue weighted by Crippen LogP contribution is -2.31. The Morgan fingerprint density at radius 3 is 1.76 bits per heavy atom. The van der Waals surface area contributed by atoms with Gasteiger partial charge in [-0.25, -0.2) is 0 Å². The molecular weight excluding hydrogens is 432 g/mol. The molecule has 0 amide bonds. The smallest absolute Gasteiger partial charge is 0.274 e. The van der Waals surface area contributed by atoms with Crippen molar-refractivity contribution < 1.29 is 9.47 Å². The van der Waals surface area contributed by atoms with Crippen molar-refractivity contribution in [2.75, 3.05) is 19.1 Å². The molecule has 5 nitrogen and oxygen atoms in total. The van der Waals surface area contributed by atoms with Gasteiger partial charge in [0.15, 0.2) is 0 Å². The van der Waals surface area contributed by atoms with Gasteiger partial charge in [-0.1, -0.05) is 24.3 Å². The van der Waals surface area contributed by atoms with Crippen molar-refractivity contribution in [3.05, 3.63) is 86.2 Å². The molecule has 0 unspecified atom stereocenters. The molecule has 1 aromatic heterocycles. The molecular formula is C23H25BrN2O3. The fourth-order valence-electron chi connectivity index (χ4n) is 3.13. The van der Waals surface area contributed by atoms with Gasteiger partial charge in [0.2, 0.25) is 0 Å². The molecule has 0 N–H and O–H groups in total. The van der Waals surface area contributed by atoms with E-state index in [0.717, 1.165) is 32.8 Å². The molecule has 0 saturated heterocycles. The summed E-state index contributed by atoms with van der Waals surface area (Å²) < 4.78 is 13.1. The third kappa shape index (κ3) is 4.82. The molecule has 29 heavy (non-hydrogen) atoms. The lowest BCUT2D eigenvalue weighted by atomic mass is 10.1. The highest BCUT2D eigenvalue weighted by Crippen LogP contribution is 2.24. The monoisotopic (exact) mass is 456 g/mol. The van der Waals surface area contributed by atoms with Crippen LogP contribution in [0.15, 0.2) is 63.9 Å². The van der Waals surface area contributed by atoms with Gasteiger partial charge in [0.05, 0.1) is 14.2 Å². The molecule has 0 spiro atoms. The Kier molecular flexibility index (Phi) is 6.64. The first-order valence-corrected chi connectivity index (χ1v) is 10.1. The van der Waals surface area contributed by atoms with Crippen LogP contribution in [-0.2, 0) is 20.1 Å². The third-order valence-corrected chi connectivity index (χ3v) is 5.84. The van der Waals surface area contributed by atoms with Gasteiger partial charge in [-0.15, -0.1) is 0 Å². The molecule has 3 rings (SSSR count). The summed E-state index contributed by atoms with van der Waals surface area (Å²) in [6.07, 6.45) is 0. The Morgan fingerprint density at radius 1 is 0.897 bits per heavy atom. The zero-order valence-corrected chi connectivity index (χ0v) is 18.7. The van der Waals surface area contributed by atoms with Crippen LogP contribution in [0.25, 0.3) is 0 Å². The molecule has 0 radical (unpaired) electrons. The van der Waals surface area contributed by atoms with Crippen LogP contribution in [0.4, 0.5) is 5.69 Å². The fourth-order valence-corrected chi connectivity index (χ4v) is 3.61. The van der Waals surface area contributed by atoms with E-state index in [2.05, 4.69) is 20.8 Å². The minimum Gasteiger partial charge on any atom is -0.497 e. The van der Waals surface area contributed by atoms with Crippen LogP contribution in [0, 0.1) is 6.92 Å². The highest BCUT2D eigenvalue weighted by Gasteiger charge is 2.16. The largest absolute Gasteiger partial charge is 0.497 e. The zero-order valence-electron chi connectivity index (χ0n) is 17.1. The summed E-state index contributed by atoms with van der Waals surface area (Å²) in [5.41, 5.74) is 3.72. The predicted molar refractivity (Wildman–Crippen MR) is 120 cm³/mol. The van der Waals surface area contributed by atoms with E-state index in [-0.39, 0.29) is 5.56 Å². The molecule has 1 heterocycles. The second-order valence-corrected chi connectivity index (χ2v) is 7.73. The Morgan fingerprint density at radius 2 is 1.34 bits per heavy atom. The van der Waals surface area contributed by atoms with E-state index in [9.17, 15) is 4.79 Å². The summed E-state index contributed by atoms with van der Waals surface area (Å²) in [6.45, 7) is 3.12. The molecule has 0 fully saturated rings. The van der Waals surface area contributed by atoms with Crippen molar-refractivity contribution in [3.63, 3.8) is 0 Å². The highest BCUT2D eigenvalue weighted by molar-refractivity contribution is 9.10. The maximum Gasteiger partial charge on any atom is 0.274 e. The maximum atomic E-state index is 13.0. The topological polar surface area (TPSA) is 43.7 Å². The van der Waals surface area contributed by atoms with Gasteiger partial charge in [-0.3, -0.25) is 4.79 Å². The van der Waals surface area contributed by atoms with Crippen LogP contribution in [0.1, 0.15) is 16.8 Å². The number of benzene rings is 2. The molecule has 0 bridgehead atoms. The van der Waals surface area contributed by atoms with Crippen molar-refractivity contribution in [2.24, 2.45) is 7.05 Å². The number of aromatic nitrogens is 1. The highest BCUT2D eigenvalue weighted by atomic mass is 79.9. The lowest BCUT2D eigenvalue weighted by molar-refractivity contribution is 0.414. The minimum absolute atomic E-state index is 0.0206. The quantitative estimate of drug-likeness (QED) is 0.517. The maximum absolute atomic E-state index is 13.0. The van der Waals surface area contributed by atoms with Crippen molar-refractivity contribution in [1.29, 1.82) is 0 Å². The van der Waals surface area contributed by atoms with Gasteiger partial charge in [0.25, 0.3) is 5.56 Å². The van der Waals surface area contributed by atoms with Crippen LogP contribution in [-0.4, -0.2) is 18.8 Å². The number of hydrogen-bond acceptors (Lipinski definition) is 4. The third-order valence-electron chi connectivity index (χ3n) is 5.04. The van der Waals surface area contributed by atoms with Gasteiger partial charge < -0.3 is 18.9 Å². The van der Waals surface area contributed by atoms with Crippen LogP contribution in [0.5, 0.6) is 11.5 Å². The number of halogens is 1. The standard InChI is InChI=1S/C23H25BrN2O3/c1-16-21(24)13-22(23(27)25(16)2)26(14-17-5-9-19(28-3)10-6-17)15-18-7-11-20(29-4)12-8-18/h5-13H,14-15H2,1-4H3. The summed E-state index contributed by atoms with van der Waals surface area (Å²) in [6, 6.07) is 17.7. The molecule has 2 aromatic carbocycles. The fraction of sp³-hybridized carbons (Fsp3) is 0.261. The molecule has 0 atom stereocenters. The number of nitrogens with zero attached hydrogens (tertiary/aromatic N) is 2. The Labute approximate surface area is 179 Å². The first-order valence-electron chi connectivity index (χ1n) is 9.30. The lowest BCUT2D eigenvalue weighted by Gasteiger charge is -2.26. The SMILES string of the molecule is COc1ccc(CN(Cc2ccc(OC)cc2)c2cc(Br)c(C)n(C)c2=O)cc1. The number of pyridine rings is 1. The van der Waals surface area contributed by atoms with Crippen molar-refractivity contribution in [3.8, 4) is 11.5 Å². The Bertz CT molecular complexity index is 978. The molecule has 0 aliphatic heterocycles. The normalized spacial score (nSPS) is 10.7. The number of anilines is 1. The van der Waals surface area contributed by atoms with Gasteiger partial charge >= 0.3 is 0 Å². The van der Waals surface area contributed by atoms with E-state index in [0.29, 0.717) is 18.8 Å². The van der Waals surface area contributed by atoms with Crippen LogP contribution in [0.3, 0.4) is 0 Å². The number of methoxy groups -OCH3 is 2. The predicted octanol–water partition coefficient (Wildman–Crippen LogP) is 4.68. The van der Waals surface area contributed by atoms with Gasteiger partial charge in [0, 0.05) is 30.3 Å². The molecule has 6 heteroatoms. The number of hydrogen-bond donors (Lipinski definition) is 0. The first kappa shape index (κ1) is 21.0. The number of ether oxygens (including phenoxy) is 2. The van der Waals surface area contributed by atoms with Gasteiger partial charge in [-0.2, -0.15) is 0 Å². The van der Waals surface area contributed by atoms with E-state index in [1.54, 1.807) is 25.8 Å². The summed E-state index contributed by atoms with van der Waals surface area (Å²) in [4.78, 5) is 15.1. The first-order chi connectivity index (χ1) is 13.9. The molecule has 0 aliphatic rings. The van der Waals surface area contributed by atoms with E-state index in [4.69, 9.17) is 9.47 Å². The number of rotatable bonds is 7. The second-order valence-electron chi connectivity index (χ2n) is 6.88. The van der Waals surface area contributed by atoms with Crippen molar-refractivity contribution >= 4 is 21.6 Å². The summed E-state index contributed by atoms with van der Waals surface area (Å²) >= 11 is 3.59. The average molecular weight is 457 g/mol. The van der Waals surface area contributed by atoms with E-state index in [1.165, 1.54) is 0 Å². The van der Waals surface area contributed by atoms with Crippen LogP contribution >= 0.6 is 15.9 Å². The van der Waals surface area contributed by atoms with E-state index < -0.39 is 0 Å². The summed E-state index contributed by atoms with van der Waals surface area (Å²) in [5.74, 6) is 1.62. The van der Waals surface area contributed by atoms with E-state index in [1.807, 2.05) is 61.5 Å². The van der Waals surface area contributed by atoms with Crippen molar-refractivity contribution in [2.45, 2.75) is 20.0 Å². The van der Waals surface area contributed by atoms with E-state index >= 15 is 0 Å². The molecule has 152 valence electrons. The Balaban J connectivity index is 1.99. The summed E-state index contributed by atoms with van der Waals surface area (Å²) in [5, 5.41) is 0. The average Bonchev–Trinajstić information content (AvgIpc) is 2.75. The molecule has 0 saturated carbocycles. The Hall–Kier alpha value is -2.73. The van der Waals surface area contributed by atoms with Gasteiger partial charge in [0.1, 0.15) is 17.2 Å².